The molecule has 0 saturated carbocycles. The third-order valence-corrected chi connectivity index (χ3v) is 4.01. The topological polar surface area (TPSA) is 27.7 Å². The van der Waals surface area contributed by atoms with Gasteiger partial charge in [-0.2, -0.15) is 0 Å². The van der Waals surface area contributed by atoms with Gasteiger partial charge in [0.1, 0.15) is 0 Å². The van der Waals surface area contributed by atoms with Crippen LogP contribution in [-0.4, -0.2) is 21.3 Å². The van der Waals surface area contributed by atoms with Gasteiger partial charge in [-0.3, -0.25) is 0 Å². The molecule has 0 aliphatic heterocycles. The molecular weight excluding hydrogens is 296 g/mol. The van der Waals surface area contributed by atoms with E-state index in [4.69, 9.17) is 25.8 Å². The van der Waals surface area contributed by atoms with E-state index in [0.29, 0.717) is 22.3 Å². The first-order valence-corrected chi connectivity index (χ1v) is 7.11. The smallest absolute Gasteiger partial charge is 0.204 e. The molecule has 2 rings (SSSR count). The minimum absolute atomic E-state index is 0.592. The molecule has 0 heterocycles. The van der Waals surface area contributed by atoms with Crippen molar-refractivity contribution < 1.29 is 14.2 Å². The molecule has 0 unspecified atom stereocenters. The fourth-order valence-corrected chi connectivity index (χ4v) is 2.84. The van der Waals surface area contributed by atoms with Gasteiger partial charge in [0.25, 0.3) is 0 Å². The van der Waals surface area contributed by atoms with Gasteiger partial charge in [0.05, 0.1) is 26.2 Å². The molecule has 0 spiro atoms. The van der Waals surface area contributed by atoms with Gasteiger partial charge in [-0.15, -0.1) is 0 Å². The number of ether oxygens (including phenoxy) is 3. The normalized spacial score (nSPS) is 10.2. The van der Waals surface area contributed by atoms with Gasteiger partial charge in [0, 0.05) is 9.92 Å². The van der Waals surface area contributed by atoms with E-state index in [0.717, 1.165) is 9.79 Å². The Hall–Kier alpha value is -1.52. The fraction of sp³-hybridized carbons (Fsp3) is 0.200. The van der Waals surface area contributed by atoms with Gasteiger partial charge < -0.3 is 14.2 Å². The van der Waals surface area contributed by atoms with Gasteiger partial charge in [-0.05, 0) is 36.4 Å². The second-order valence-corrected chi connectivity index (χ2v) is 5.44. The van der Waals surface area contributed by atoms with Gasteiger partial charge in [-0.25, -0.2) is 0 Å². The fourth-order valence-electron chi connectivity index (χ4n) is 1.78. The predicted molar refractivity (Wildman–Crippen MR) is 81.7 cm³/mol. The van der Waals surface area contributed by atoms with E-state index in [2.05, 4.69) is 0 Å². The molecule has 106 valence electrons. The van der Waals surface area contributed by atoms with Crippen molar-refractivity contribution in [1.29, 1.82) is 0 Å². The summed E-state index contributed by atoms with van der Waals surface area (Å²) in [6.07, 6.45) is 0. The Morgan fingerprint density at radius 3 is 2.00 bits per heavy atom. The van der Waals surface area contributed by atoms with Gasteiger partial charge in [-0.1, -0.05) is 23.4 Å². The minimum Gasteiger partial charge on any atom is -0.493 e. The maximum atomic E-state index is 5.89. The number of methoxy groups -OCH3 is 3. The second-order valence-electron chi connectivity index (χ2n) is 3.89. The average Bonchev–Trinajstić information content (AvgIpc) is 2.48. The molecule has 2 aromatic carbocycles. The molecule has 0 atom stereocenters. The highest BCUT2D eigenvalue weighted by molar-refractivity contribution is 7.99. The largest absolute Gasteiger partial charge is 0.493 e. The molecule has 5 heteroatoms. The summed E-state index contributed by atoms with van der Waals surface area (Å²) in [4.78, 5) is 2.02. The number of rotatable bonds is 5. The molecule has 0 fully saturated rings. The summed E-state index contributed by atoms with van der Waals surface area (Å²) >= 11 is 7.47. The first-order valence-electron chi connectivity index (χ1n) is 5.92. The highest BCUT2D eigenvalue weighted by atomic mass is 35.5. The van der Waals surface area contributed by atoms with E-state index >= 15 is 0 Å². The number of benzene rings is 2. The highest BCUT2D eigenvalue weighted by Crippen LogP contribution is 2.45. The van der Waals surface area contributed by atoms with E-state index in [-0.39, 0.29) is 0 Å². The standard InChI is InChI=1S/C15H15ClO3S/c1-17-12-8-9-13(15(19-3)14(12)18-2)20-11-6-4-10(16)5-7-11/h4-9H,1-3H3. The summed E-state index contributed by atoms with van der Waals surface area (Å²) in [6.45, 7) is 0. The van der Waals surface area contributed by atoms with Crippen LogP contribution in [-0.2, 0) is 0 Å². The summed E-state index contributed by atoms with van der Waals surface area (Å²) in [6, 6.07) is 11.4. The molecule has 0 saturated heterocycles. The van der Waals surface area contributed by atoms with E-state index in [1.165, 1.54) is 0 Å². The third kappa shape index (κ3) is 3.14. The molecule has 0 bridgehead atoms. The zero-order chi connectivity index (χ0) is 14.5. The Kier molecular flexibility index (Phi) is 5.04. The van der Waals surface area contributed by atoms with E-state index in [9.17, 15) is 0 Å². The van der Waals surface area contributed by atoms with Gasteiger partial charge in [0.2, 0.25) is 5.75 Å². The summed E-state index contributed by atoms with van der Waals surface area (Å²) in [7, 11) is 4.81. The number of hydrogen-bond acceptors (Lipinski definition) is 4. The second kappa shape index (κ2) is 6.77. The SMILES string of the molecule is COc1ccc(Sc2ccc(Cl)cc2)c(OC)c1OC. The maximum absolute atomic E-state index is 5.89. The Morgan fingerprint density at radius 1 is 0.800 bits per heavy atom. The molecule has 20 heavy (non-hydrogen) atoms. The molecule has 0 amide bonds. The average molecular weight is 311 g/mol. The number of hydrogen-bond donors (Lipinski definition) is 0. The lowest BCUT2D eigenvalue weighted by Gasteiger charge is -2.15. The van der Waals surface area contributed by atoms with Crippen LogP contribution in [0.15, 0.2) is 46.2 Å². The summed E-state index contributed by atoms with van der Waals surface area (Å²) in [5, 5.41) is 0.716. The van der Waals surface area contributed by atoms with Crippen molar-refractivity contribution in [2.24, 2.45) is 0 Å². The van der Waals surface area contributed by atoms with Gasteiger partial charge >= 0.3 is 0 Å². The van der Waals surface area contributed by atoms with Crippen LogP contribution >= 0.6 is 23.4 Å². The van der Waals surface area contributed by atoms with Crippen molar-refractivity contribution in [2.45, 2.75) is 9.79 Å². The molecular formula is C15H15ClO3S. The zero-order valence-electron chi connectivity index (χ0n) is 11.5. The van der Waals surface area contributed by atoms with Crippen molar-refractivity contribution >= 4 is 23.4 Å². The van der Waals surface area contributed by atoms with Crippen molar-refractivity contribution in [2.75, 3.05) is 21.3 Å². The van der Waals surface area contributed by atoms with Crippen LogP contribution in [0.4, 0.5) is 0 Å². The predicted octanol–water partition coefficient (Wildman–Crippen LogP) is 4.52. The van der Waals surface area contributed by atoms with E-state index in [1.54, 1.807) is 33.1 Å². The monoisotopic (exact) mass is 310 g/mol. The van der Waals surface area contributed by atoms with Crippen LogP contribution in [0.3, 0.4) is 0 Å². The lowest BCUT2D eigenvalue weighted by molar-refractivity contribution is 0.319. The van der Waals surface area contributed by atoms with E-state index in [1.807, 2.05) is 36.4 Å². The Bertz CT molecular complexity index is 584. The van der Waals surface area contributed by atoms with Crippen LogP contribution in [0.2, 0.25) is 5.02 Å². The Labute approximate surface area is 127 Å². The summed E-state index contributed by atoms with van der Waals surface area (Å²) in [5.74, 6) is 1.89. The Balaban J connectivity index is 2.38. The lowest BCUT2D eigenvalue weighted by Crippen LogP contribution is -1.96. The van der Waals surface area contributed by atoms with Crippen LogP contribution in [0.5, 0.6) is 17.2 Å². The molecule has 0 aliphatic carbocycles. The van der Waals surface area contributed by atoms with Crippen molar-refractivity contribution in [1.82, 2.24) is 0 Å². The third-order valence-electron chi connectivity index (χ3n) is 2.71. The zero-order valence-corrected chi connectivity index (χ0v) is 13.0. The van der Waals surface area contributed by atoms with Crippen LogP contribution in [0.25, 0.3) is 0 Å². The summed E-state index contributed by atoms with van der Waals surface area (Å²) in [5.41, 5.74) is 0. The highest BCUT2D eigenvalue weighted by Gasteiger charge is 2.16. The first kappa shape index (κ1) is 14.9. The lowest BCUT2D eigenvalue weighted by atomic mass is 10.3. The summed E-state index contributed by atoms with van der Waals surface area (Å²) < 4.78 is 16.1. The van der Waals surface area contributed by atoms with Crippen molar-refractivity contribution in [3.8, 4) is 17.2 Å². The van der Waals surface area contributed by atoms with E-state index < -0.39 is 0 Å². The molecule has 2 aromatic rings. The van der Waals surface area contributed by atoms with Crippen LogP contribution in [0.1, 0.15) is 0 Å². The number of halogens is 1. The maximum Gasteiger partial charge on any atom is 0.204 e. The first-order chi connectivity index (χ1) is 9.69. The molecule has 0 N–H and O–H groups in total. The van der Waals surface area contributed by atoms with Crippen LogP contribution < -0.4 is 14.2 Å². The quantitative estimate of drug-likeness (QED) is 0.811. The van der Waals surface area contributed by atoms with Gasteiger partial charge in [0.15, 0.2) is 11.5 Å². The molecule has 0 radical (unpaired) electrons. The van der Waals surface area contributed by atoms with Crippen molar-refractivity contribution in [3.05, 3.63) is 41.4 Å². The molecule has 0 aromatic heterocycles. The van der Waals surface area contributed by atoms with Crippen LogP contribution in [0, 0.1) is 0 Å². The Morgan fingerprint density at radius 2 is 1.45 bits per heavy atom. The van der Waals surface area contributed by atoms with Crippen molar-refractivity contribution in [3.63, 3.8) is 0 Å². The molecule has 0 aliphatic rings. The molecule has 3 nitrogen and oxygen atoms in total. The minimum atomic E-state index is 0.592.